The van der Waals surface area contributed by atoms with E-state index in [0.717, 1.165) is 28.8 Å². The molecule has 1 N–H and O–H groups in total. The number of rotatable bonds is 7. The number of thioether (sulfide) groups is 1. The van der Waals surface area contributed by atoms with Crippen LogP contribution in [-0.4, -0.2) is 74.4 Å². The van der Waals surface area contributed by atoms with Crippen molar-refractivity contribution in [3.8, 4) is 0 Å². The monoisotopic (exact) mass is 599 g/mol. The maximum absolute atomic E-state index is 14.9. The second kappa shape index (κ2) is 11.6. The van der Waals surface area contributed by atoms with Gasteiger partial charge in [0.25, 0.3) is 5.91 Å². The first-order valence-electron chi connectivity index (χ1n) is 15.4. The van der Waals surface area contributed by atoms with Gasteiger partial charge in [-0.2, -0.15) is 0 Å². The van der Waals surface area contributed by atoms with Gasteiger partial charge in [0.15, 0.2) is 0 Å². The summed E-state index contributed by atoms with van der Waals surface area (Å²) >= 11 is 1.59. The molecule has 8 heteroatoms. The molecule has 3 amide bonds. The predicted molar refractivity (Wildman–Crippen MR) is 170 cm³/mol. The van der Waals surface area contributed by atoms with Gasteiger partial charge in [0.05, 0.1) is 29.2 Å². The first kappa shape index (κ1) is 29.7. The van der Waals surface area contributed by atoms with Crippen LogP contribution in [0.2, 0.25) is 0 Å². The minimum Gasteiger partial charge on any atom is -0.394 e. The van der Waals surface area contributed by atoms with E-state index in [2.05, 4.69) is 12.2 Å². The standard InChI is InChI=1S/C35H41N3O4S/c1-5-23(3)27(21-39)38-31-34(42)37(26-19-22(2)14-15-24(26)4)18-10-16-35(31)30(33(38)41)29-28(43-35)13-9-17-36(32(29)40)20-25-11-7-6-8-12-25/h6-16,19,23,27-31,39H,5,17-18,20-21H2,1-4H3/t23-,27-,28-,29+,30-,31?,35-/m0/s1. The van der Waals surface area contributed by atoms with Crippen molar-refractivity contribution in [1.29, 1.82) is 0 Å². The SMILES string of the molecule is CC[C@H](C)[C@H](CO)N1C(=O)[C@@H]2[C@@H]3C(=O)N(Cc4ccccc4)CC=C[C@@H]3S[C@@]23C=CCN(c2cc(C)ccc2C)C(=O)C13. The fraction of sp³-hybridized carbons (Fsp3) is 0.457. The summed E-state index contributed by atoms with van der Waals surface area (Å²) in [6, 6.07) is 14.6. The molecule has 2 aromatic carbocycles. The van der Waals surface area contributed by atoms with Crippen LogP contribution in [0.15, 0.2) is 72.8 Å². The van der Waals surface area contributed by atoms with Crippen LogP contribution in [0.5, 0.6) is 0 Å². The van der Waals surface area contributed by atoms with Gasteiger partial charge in [0.1, 0.15) is 6.04 Å². The van der Waals surface area contributed by atoms with Crippen LogP contribution in [0.25, 0.3) is 0 Å². The van der Waals surface area contributed by atoms with Crippen molar-refractivity contribution in [3.05, 3.63) is 89.5 Å². The second-order valence-electron chi connectivity index (χ2n) is 12.5. The molecule has 4 aliphatic heterocycles. The van der Waals surface area contributed by atoms with E-state index >= 15 is 0 Å². The lowest BCUT2D eigenvalue weighted by atomic mass is 9.78. The maximum Gasteiger partial charge on any atom is 0.251 e. The Kier molecular flexibility index (Phi) is 8.03. The Hall–Kier alpha value is -3.36. The first-order chi connectivity index (χ1) is 20.7. The third-order valence-corrected chi connectivity index (χ3v) is 11.6. The molecular weight excluding hydrogens is 558 g/mol. The zero-order valence-corrected chi connectivity index (χ0v) is 26.2. The van der Waals surface area contributed by atoms with Gasteiger partial charge in [-0.05, 0) is 42.5 Å². The van der Waals surface area contributed by atoms with E-state index in [1.54, 1.807) is 21.6 Å². The first-order valence-corrected chi connectivity index (χ1v) is 16.3. The van der Waals surface area contributed by atoms with E-state index in [-0.39, 0.29) is 35.5 Å². The van der Waals surface area contributed by atoms with Gasteiger partial charge in [0.2, 0.25) is 11.8 Å². The fourth-order valence-electron chi connectivity index (χ4n) is 7.47. The molecule has 0 aliphatic carbocycles. The number of benzene rings is 2. The summed E-state index contributed by atoms with van der Waals surface area (Å²) in [6.45, 7) is 9.13. The van der Waals surface area contributed by atoms with Gasteiger partial charge in [0, 0.05) is 30.6 Å². The molecule has 2 aromatic rings. The predicted octanol–water partition coefficient (Wildman–Crippen LogP) is 4.51. The summed E-state index contributed by atoms with van der Waals surface area (Å²) in [6.07, 6.45) is 8.92. The third-order valence-electron chi connectivity index (χ3n) is 9.90. The van der Waals surface area contributed by atoms with E-state index in [4.69, 9.17) is 0 Å². The molecule has 43 heavy (non-hydrogen) atoms. The Morgan fingerprint density at radius 3 is 2.49 bits per heavy atom. The topological polar surface area (TPSA) is 81.2 Å². The zero-order valence-electron chi connectivity index (χ0n) is 25.3. The van der Waals surface area contributed by atoms with Crippen molar-refractivity contribution >= 4 is 35.2 Å². The van der Waals surface area contributed by atoms with Gasteiger partial charge in [-0.15, -0.1) is 11.8 Å². The van der Waals surface area contributed by atoms with Crippen LogP contribution in [0.4, 0.5) is 5.69 Å². The highest BCUT2D eigenvalue weighted by molar-refractivity contribution is 8.02. The van der Waals surface area contributed by atoms with Gasteiger partial charge >= 0.3 is 0 Å². The molecule has 2 saturated heterocycles. The molecule has 0 bridgehead atoms. The number of aliphatic hydroxyl groups excluding tert-OH is 1. The largest absolute Gasteiger partial charge is 0.394 e. The van der Waals surface area contributed by atoms with Crippen molar-refractivity contribution in [2.24, 2.45) is 17.8 Å². The average molecular weight is 600 g/mol. The van der Waals surface area contributed by atoms with Crippen LogP contribution in [0.1, 0.15) is 37.0 Å². The van der Waals surface area contributed by atoms with E-state index in [1.807, 2.05) is 93.3 Å². The molecule has 0 saturated carbocycles. The summed E-state index contributed by atoms with van der Waals surface area (Å²) in [4.78, 5) is 49.3. The Morgan fingerprint density at radius 1 is 1.00 bits per heavy atom. The molecule has 7 nitrogen and oxygen atoms in total. The molecule has 6 rings (SSSR count). The Bertz CT molecular complexity index is 1470. The second-order valence-corrected chi connectivity index (χ2v) is 14.0. The highest BCUT2D eigenvalue weighted by Crippen LogP contribution is 2.61. The Labute approximate surface area is 258 Å². The van der Waals surface area contributed by atoms with Crippen LogP contribution in [0, 0.1) is 31.6 Å². The van der Waals surface area contributed by atoms with Gasteiger partial charge in [-0.1, -0.05) is 87.0 Å². The number of hydrogen-bond donors (Lipinski definition) is 1. The molecule has 1 unspecified atom stereocenters. The molecule has 1 spiro atoms. The maximum atomic E-state index is 14.9. The lowest BCUT2D eigenvalue weighted by molar-refractivity contribution is -0.145. The van der Waals surface area contributed by atoms with Crippen LogP contribution in [0.3, 0.4) is 0 Å². The molecule has 2 fully saturated rings. The van der Waals surface area contributed by atoms with Crippen molar-refractivity contribution in [2.75, 3.05) is 24.6 Å². The van der Waals surface area contributed by atoms with Crippen molar-refractivity contribution in [3.63, 3.8) is 0 Å². The number of nitrogens with zero attached hydrogens (tertiary/aromatic N) is 3. The van der Waals surface area contributed by atoms with Gasteiger partial charge < -0.3 is 19.8 Å². The minimum absolute atomic E-state index is 0.0286. The fourth-order valence-corrected chi connectivity index (χ4v) is 9.47. The smallest absolute Gasteiger partial charge is 0.251 e. The van der Waals surface area contributed by atoms with Crippen LogP contribution < -0.4 is 4.90 Å². The number of likely N-dealkylation sites (tertiary alicyclic amines) is 1. The molecule has 7 atom stereocenters. The number of aliphatic hydroxyl groups is 1. The number of aryl methyl sites for hydroxylation is 2. The Balaban J connectivity index is 1.46. The highest BCUT2D eigenvalue weighted by Gasteiger charge is 2.72. The summed E-state index contributed by atoms with van der Waals surface area (Å²) in [5.74, 6) is -1.75. The number of amides is 3. The summed E-state index contributed by atoms with van der Waals surface area (Å²) in [5, 5.41) is 10.5. The molecule has 4 heterocycles. The number of anilines is 1. The molecule has 0 radical (unpaired) electrons. The third kappa shape index (κ3) is 4.83. The van der Waals surface area contributed by atoms with Crippen molar-refractivity contribution in [1.82, 2.24) is 9.80 Å². The van der Waals surface area contributed by atoms with E-state index < -0.39 is 28.7 Å². The van der Waals surface area contributed by atoms with Gasteiger partial charge in [-0.3, -0.25) is 14.4 Å². The van der Waals surface area contributed by atoms with E-state index in [0.29, 0.717) is 19.6 Å². The zero-order chi connectivity index (χ0) is 30.5. The van der Waals surface area contributed by atoms with Crippen molar-refractivity contribution in [2.45, 2.75) is 62.7 Å². The van der Waals surface area contributed by atoms with E-state index in [9.17, 15) is 19.5 Å². The lowest BCUT2D eigenvalue weighted by Crippen LogP contribution is -2.58. The quantitative estimate of drug-likeness (QED) is 0.474. The normalized spacial score (nSPS) is 29.7. The van der Waals surface area contributed by atoms with E-state index in [1.165, 1.54) is 0 Å². The highest BCUT2D eigenvalue weighted by atomic mass is 32.2. The summed E-state index contributed by atoms with van der Waals surface area (Å²) < 4.78 is -0.924. The molecule has 0 aromatic heterocycles. The average Bonchev–Trinajstić information content (AvgIpc) is 3.32. The number of carbonyl (C=O) groups excluding carboxylic acids is 3. The summed E-state index contributed by atoms with van der Waals surface area (Å²) in [7, 11) is 0. The summed E-state index contributed by atoms with van der Waals surface area (Å²) in [5.41, 5.74) is 3.89. The molecule has 4 aliphatic rings. The number of hydrogen-bond acceptors (Lipinski definition) is 5. The lowest BCUT2D eigenvalue weighted by Gasteiger charge is -2.40. The molecule has 226 valence electrons. The molecular formula is C35H41N3O4S. The Morgan fingerprint density at radius 2 is 1.77 bits per heavy atom. The van der Waals surface area contributed by atoms with Crippen molar-refractivity contribution < 1.29 is 19.5 Å². The van der Waals surface area contributed by atoms with Crippen LogP contribution in [-0.2, 0) is 20.9 Å². The van der Waals surface area contributed by atoms with Crippen LogP contribution >= 0.6 is 11.8 Å². The minimum atomic E-state index is -0.924. The number of carbonyl (C=O) groups is 3. The van der Waals surface area contributed by atoms with Gasteiger partial charge in [-0.25, -0.2) is 0 Å². The number of fused-ring (bicyclic) bond motifs is 2.